The van der Waals surface area contributed by atoms with Crippen LogP contribution >= 0.6 is 0 Å². The Bertz CT molecular complexity index is 930. The maximum atomic E-state index is 12.2. The maximum Gasteiger partial charge on any atom is 0.274 e. The predicted molar refractivity (Wildman–Crippen MR) is 101 cm³/mol. The number of likely N-dealkylation sites (tertiary alicyclic amines) is 1. The van der Waals surface area contributed by atoms with Gasteiger partial charge in [-0.3, -0.25) is 14.8 Å². The van der Waals surface area contributed by atoms with Gasteiger partial charge in [0.1, 0.15) is 5.82 Å². The summed E-state index contributed by atoms with van der Waals surface area (Å²) in [4.78, 5) is 23.5. The Morgan fingerprint density at radius 2 is 2.08 bits per heavy atom. The minimum Gasteiger partial charge on any atom is -0.297 e. The Morgan fingerprint density at radius 1 is 1.23 bits per heavy atom. The highest BCUT2D eigenvalue weighted by Crippen LogP contribution is 2.22. The molecule has 1 N–H and O–H groups in total. The van der Waals surface area contributed by atoms with Crippen LogP contribution in [0, 0.1) is 12.8 Å². The van der Waals surface area contributed by atoms with E-state index in [0.29, 0.717) is 17.5 Å². The third-order valence-electron chi connectivity index (χ3n) is 5.17. The second-order valence-corrected chi connectivity index (χ2v) is 7.30. The molecule has 0 spiro atoms. The van der Waals surface area contributed by atoms with E-state index < -0.39 is 0 Å². The summed E-state index contributed by atoms with van der Waals surface area (Å²) in [5, 5.41) is 2.91. The summed E-state index contributed by atoms with van der Waals surface area (Å²) in [5.41, 5.74) is 2.13. The van der Waals surface area contributed by atoms with Crippen molar-refractivity contribution < 1.29 is 0 Å². The zero-order chi connectivity index (χ0) is 17.9. The highest BCUT2D eigenvalue weighted by molar-refractivity contribution is 5.27. The first-order chi connectivity index (χ1) is 12.7. The number of fused-ring (bicyclic) bond motifs is 1. The molecule has 0 radical (unpaired) electrons. The van der Waals surface area contributed by atoms with Crippen LogP contribution in [0.15, 0.2) is 41.2 Å². The van der Waals surface area contributed by atoms with Gasteiger partial charge in [-0.25, -0.2) is 4.98 Å². The number of aromatic amines is 1. The standard InChI is InChI=1S/C20H25N5O/c1-15-21-20-22-18(12-19(26)25(20)23-15)14-24-11-5-8-17(13-24)10-9-16-6-3-2-4-7-16/h2-4,6-7,12,17H,5,8-11,13-14H2,1H3,(H,21,22,23). The van der Waals surface area contributed by atoms with Crippen molar-refractivity contribution >= 4 is 5.78 Å². The second kappa shape index (κ2) is 7.41. The molecule has 1 aliphatic rings. The first-order valence-electron chi connectivity index (χ1n) is 9.39. The van der Waals surface area contributed by atoms with Crippen molar-refractivity contribution in [3.8, 4) is 0 Å². The molecular weight excluding hydrogens is 326 g/mol. The van der Waals surface area contributed by atoms with Gasteiger partial charge in [-0.1, -0.05) is 30.3 Å². The molecule has 3 heterocycles. The van der Waals surface area contributed by atoms with Gasteiger partial charge < -0.3 is 0 Å². The van der Waals surface area contributed by atoms with Crippen LogP contribution < -0.4 is 5.56 Å². The molecule has 136 valence electrons. The molecule has 0 saturated carbocycles. The molecule has 1 atom stereocenters. The van der Waals surface area contributed by atoms with Crippen LogP contribution in [-0.2, 0) is 13.0 Å². The van der Waals surface area contributed by atoms with E-state index in [4.69, 9.17) is 0 Å². The van der Waals surface area contributed by atoms with Crippen molar-refractivity contribution in [2.45, 2.75) is 39.2 Å². The molecule has 3 aromatic rings. The van der Waals surface area contributed by atoms with Crippen molar-refractivity contribution in [1.29, 1.82) is 0 Å². The Kier molecular flexibility index (Phi) is 4.84. The summed E-state index contributed by atoms with van der Waals surface area (Å²) in [6, 6.07) is 12.3. The molecule has 2 aromatic heterocycles. The van der Waals surface area contributed by atoms with Crippen LogP contribution in [0.5, 0.6) is 0 Å². The normalized spacial score (nSPS) is 18.4. The minimum absolute atomic E-state index is 0.0942. The van der Waals surface area contributed by atoms with E-state index in [0.717, 1.165) is 31.7 Å². The summed E-state index contributed by atoms with van der Waals surface area (Å²) in [7, 11) is 0. The van der Waals surface area contributed by atoms with Gasteiger partial charge in [0.2, 0.25) is 0 Å². The van der Waals surface area contributed by atoms with Gasteiger partial charge in [0.05, 0.1) is 5.69 Å². The van der Waals surface area contributed by atoms with Crippen molar-refractivity contribution in [2.24, 2.45) is 5.92 Å². The van der Waals surface area contributed by atoms with Gasteiger partial charge in [0.15, 0.2) is 0 Å². The van der Waals surface area contributed by atoms with E-state index >= 15 is 0 Å². The fourth-order valence-corrected chi connectivity index (χ4v) is 3.89. The predicted octanol–water partition coefficient (Wildman–Crippen LogP) is 2.57. The lowest BCUT2D eigenvalue weighted by Crippen LogP contribution is -2.35. The van der Waals surface area contributed by atoms with E-state index in [1.165, 1.54) is 29.3 Å². The molecule has 1 fully saturated rings. The van der Waals surface area contributed by atoms with Gasteiger partial charge in [-0.05, 0) is 50.6 Å². The molecular formula is C20H25N5O. The number of rotatable bonds is 5. The molecule has 6 heteroatoms. The summed E-state index contributed by atoms with van der Waals surface area (Å²) in [6.45, 7) is 4.70. The Balaban J connectivity index is 1.39. The van der Waals surface area contributed by atoms with Crippen LogP contribution in [0.3, 0.4) is 0 Å². The maximum absolute atomic E-state index is 12.2. The van der Waals surface area contributed by atoms with Crippen molar-refractivity contribution in [2.75, 3.05) is 13.1 Å². The molecule has 1 aromatic carbocycles. The number of hydrogen-bond donors (Lipinski definition) is 1. The molecule has 0 bridgehead atoms. The van der Waals surface area contributed by atoms with E-state index in [2.05, 4.69) is 50.3 Å². The fourth-order valence-electron chi connectivity index (χ4n) is 3.89. The summed E-state index contributed by atoms with van der Waals surface area (Å²) < 4.78 is 1.40. The number of benzene rings is 1. The van der Waals surface area contributed by atoms with Crippen molar-refractivity contribution in [3.05, 3.63) is 63.8 Å². The Labute approximate surface area is 152 Å². The molecule has 1 saturated heterocycles. The van der Waals surface area contributed by atoms with E-state index in [1.807, 2.05) is 6.92 Å². The SMILES string of the molecule is Cc1nc2nc(CN3CCCC(CCc4ccccc4)C3)cc(=O)n2[nH]1. The average Bonchev–Trinajstić information content (AvgIpc) is 3.02. The van der Waals surface area contributed by atoms with Gasteiger partial charge in [-0.2, -0.15) is 9.50 Å². The smallest absolute Gasteiger partial charge is 0.274 e. The summed E-state index contributed by atoms with van der Waals surface area (Å²) in [5.74, 6) is 1.87. The van der Waals surface area contributed by atoms with Crippen molar-refractivity contribution in [1.82, 2.24) is 24.5 Å². The molecule has 1 unspecified atom stereocenters. The lowest BCUT2D eigenvalue weighted by molar-refractivity contribution is 0.160. The molecule has 6 nitrogen and oxygen atoms in total. The van der Waals surface area contributed by atoms with Gasteiger partial charge in [0.25, 0.3) is 11.3 Å². The summed E-state index contributed by atoms with van der Waals surface area (Å²) in [6.07, 6.45) is 4.85. The number of H-pyrrole nitrogens is 1. The van der Waals surface area contributed by atoms with E-state index in [9.17, 15) is 4.79 Å². The van der Waals surface area contributed by atoms with Crippen LogP contribution in [0.2, 0.25) is 0 Å². The Morgan fingerprint density at radius 3 is 2.92 bits per heavy atom. The molecule has 0 aliphatic carbocycles. The van der Waals surface area contributed by atoms with Crippen LogP contribution in [0.25, 0.3) is 5.78 Å². The minimum atomic E-state index is -0.0942. The molecule has 0 amide bonds. The van der Waals surface area contributed by atoms with E-state index in [1.54, 1.807) is 6.07 Å². The van der Waals surface area contributed by atoms with Crippen LogP contribution in [-0.4, -0.2) is 37.6 Å². The third-order valence-corrected chi connectivity index (χ3v) is 5.17. The lowest BCUT2D eigenvalue weighted by Gasteiger charge is -2.32. The second-order valence-electron chi connectivity index (χ2n) is 7.30. The Hall–Kier alpha value is -2.47. The molecule has 4 rings (SSSR count). The number of nitrogens with one attached hydrogen (secondary N) is 1. The number of aromatic nitrogens is 4. The first kappa shape index (κ1) is 17.0. The highest BCUT2D eigenvalue weighted by atomic mass is 16.1. The zero-order valence-electron chi connectivity index (χ0n) is 15.2. The van der Waals surface area contributed by atoms with Crippen LogP contribution in [0.4, 0.5) is 0 Å². The zero-order valence-corrected chi connectivity index (χ0v) is 15.2. The topological polar surface area (TPSA) is 66.3 Å². The lowest BCUT2D eigenvalue weighted by atomic mass is 9.91. The van der Waals surface area contributed by atoms with E-state index in [-0.39, 0.29) is 5.56 Å². The molecule has 1 aliphatic heterocycles. The fraction of sp³-hybridized carbons (Fsp3) is 0.450. The first-order valence-corrected chi connectivity index (χ1v) is 9.39. The highest BCUT2D eigenvalue weighted by Gasteiger charge is 2.20. The largest absolute Gasteiger partial charge is 0.297 e. The number of hydrogen-bond acceptors (Lipinski definition) is 4. The van der Waals surface area contributed by atoms with Gasteiger partial charge in [0, 0.05) is 19.2 Å². The third kappa shape index (κ3) is 3.85. The van der Waals surface area contributed by atoms with Gasteiger partial charge in [-0.15, -0.1) is 0 Å². The van der Waals surface area contributed by atoms with Gasteiger partial charge >= 0.3 is 0 Å². The number of piperidine rings is 1. The van der Waals surface area contributed by atoms with Crippen LogP contribution in [0.1, 0.15) is 36.3 Å². The quantitative estimate of drug-likeness (QED) is 0.767. The number of aryl methyl sites for hydroxylation is 2. The monoisotopic (exact) mass is 351 g/mol. The average molecular weight is 351 g/mol. The van der Waals surface area contributed by atoms with Crippen molar-refractivity contribution in [3.63, 3.8) is 0 Å². The summed E-state index contributed by atoms with van der Waals surface area (Å²) >= 11 is 0. The molecule has 26 heavy (non-hydrogen) atoms. The number of nitrogens with zero attached hydrogens (tertiary/aromatic N) is 4.